The number of thioether (sulfide) groups is 1. The number of benzene rings is 4. The second-order valence-corrected chi connectivity index (χ2v) is 15.4. The molecular weight excluding hydrogens is 748 g/mol. The molecule has 1 aromatic heterocycles. The zero-order valence-electron chi connectivity index (χ0n) is 29.0. The second kappa shape index (κ2) is 18.9. The number of thiophene rings is 1. The summed E-state index contributed by atoms with van der Waals surface area (Å²) in [4.78, 5) is 47.6. The van der Waals surface area contributed by atoms with Crippen LogP contribution in [0.3, 0.4) is 0 Å². The van der Waals surface area contributed by atoms with E-state index >= 15 is 0 Å². The van der Waals surface area contributed by atoms with Gasteiger partial charge in [-0.2, -0.15) is 11.8 Å². The van der Waals surface area contributed by atoms with Crippen molar-refractivity contribution >= 4 is 70.0 Å². The molecule has 1 heterocycles. The summed E-state index contributed by atoms with van der Waals surface area (Å²) in [6.07, 6.45) is 0.216. The van der Waals surface area contributed by atoms with Crippen LogP contribution in [0.25, 0.3) is 0 Å². The highest BCUT2D eigenvalue weighted by Gasteiger charge is 2.37. The van der Waals surface area contributed by atoms with Crippen LogP contribution in [0.4, 0.5) is 0 Å². The highest BCUT2D eigenvalue weighted by molar-refractivity contribution is 8.00. The van der Waals surface area contributed by atoms with Crippen LogP contribution in [0, 0.1) is 6.92 Å². The topological polar surface area (TPSA) is 139 Å². The fraction of sp³-hybridized carbons (Fsp3) is 0.220. The van der Waals surface area contributed by atoms with Crippen LogP contribution in [0.2, 0.25) is 10.0 Å². The molecule has 0 radical (unpaired) electrons. The van der Waals surface area contributed by atoms with Crippen molar-refractivity contribution in [2.75, 3.05) is 18.1 Å². The van der Waals surface area contributed by atoms with E-state index in [-0.39, 0.29) is 47.8 Å². The predicted molar refractivity (Wildman–Crippen MR) is 217 cm³/mol. The van der Waals surface area contributed by atoms with Gasteiger partial charge in [0.2, 0.25) is 5.91 Å². The molecule has 8 nitrogen and oxygen atoms in total. The zero-order chi connectivity index (χ0) is 37.9. The van der Waals surface area contributed by atoms with Gasteiger partial charge >= 0.3 is 5.97 Å². The Morgan fingerprint density at radius 2 is 1.34 bits per heavy atom. The molecule has 0 fully saturated rings. The Bertz CT molecular complexity index is 1940. The third-order valence-corrected chi connectivity index (χ3v) is 11.6. The normalized spacial score (nSPS) is 11.7. The first-order valence-corrected chi connectivity index (χ1v) is 19.7. The minimum absolute atomic E-state index is 0.0195. The average molecular weight is 788 g/mol. The van der Waals surface area contributed by atoms with Gasteiger partial charge in [0.25, 0.3) is 5.91 Å². The fourth-order valence-electron chi connectivity index (χ4n) is 6.18. The van der Waals surface area contributed by atoms with Crippen LogP contribution in [-0.2, 0) is 9.59 Å². The summed E-state index contributed by atoms with van der Waals surface area (Å²) in [5.74, 6) is -2.52. The molecule has 5 aromatic rings. The van der Waals surface area contributed by atoms with E-state index in [9.17, 15) is 19.5 Å². The number of carbonyl (C=O) groups excluding carboxylic acids is 2. The molecule has 12 heteroatoms. The first-order chi connectivity index (χ1) is 25.5. The lowest BCUT2D eigenvalue weighted by Gasteiger charge is -2.27. The number of rotatable bonds is 16. The molecule has 0 saturated heterocycles. The molecule has 0 bridgehead atoms. The summed E-state index contributed by atoms with van der Waals surface area (Å²) in [7, 11) is 0. The molecule has 0 saturated carbocycles. The summed E-state index contributed by atoms with van der Waals surface area (Å²) >= 11 is 15.1. The standard InChI is InChI=1S/C41H40Cl2N4O4S2/c1-26-23-35(37(29-14-18-31(42)19-15-29)30-16-20-32(43)21-17-30)53-38(26)39(49)47(34(40(50)51)13-8-22-46-41(44)45)36(48)25-52-24-33(27-9-4-2-5-10-27)28-11-6-3-7-12-28/h2-7,9-12,14-21,23,33-34,37H,8,13,22,24-25H2,1H3,(H,50,51)(H4,44,45,46). The van der Waals surface area contributed by atoms with E-state index in [1.807, 2.05) is 115 Å². The quantitative estimate of drug-likeness (QED) is 0.0517. The summed E-state index contributed by atoms with van der Waals surface area (Å²) in [6, 6.07) is 35.4. The van der Waals surface area contributed by atoms with Crippen LogP contribution >= 0.6 is 46.3 Å². The van der Waals surface area contributed by atoms with Crippen LogP contribution in [0.5, 0.6) is 0 Å². The molecule has 1 atom stereocenters. The van der Waals surface area contributed by atoms with Gasteiger partial charge in [-0.05, 0) is 77.9 Å². The number of aryl methyl sites for hydroxylation is 1. The Labute approximate surface area is 327 Å². The number of halogens is 2. The third kappa shape index (κ3) is 10.5. The van der Waals surface area contributed by atoms with Crippen molar-refractivity contribution < 1.29 is 19.5 Å². The van der Waals surface area contributed by atoms with Gasteiger partial charge < -0.3 is 16.6 Å². The smallest absolute Gasteiger partial charge is 0.326 e. The predicted octanol–water partition coefficient (Wildman–Crippen LogP) is 8.58. The lowest BCUT2D eigenvalue weighted by molar-refractivity contribution is -0.147. The number of carboxylic acid groups (broad SMARTS) is 1. The molecule has 53 heavy (non-hydrogen) atoms. The highest BCUT2D eigenvalue weighted by atomic mass is 35.5. The highest BCUT2D eigenvalue weighted by Crippen LogP contribution is 2.39. The van der Waals surface area contributed by atoms with Crippen molar-refractivity contribution in [2.45, 2.75) is 37.6 Å². The number of hydrogen-bond donors (Lipinski definition) is 3. The number of hydrogen-bond acceptors (Lipinski definition) is 6. The summed E-state index contributed by atoms with van der Waals surface area (Å²) < 4.78 is 0. The second-order valence-electron chi connectivity index (χ2n) is 12.5. The van der Waals surface area contributed by atoms with E-state index in [0.717, 1.165) is 32.0 Å². The van der Waals surface area contributed by atoms with E-state index < -0.39 is 23.8 Å². The lowest BCUT2D eigenvalue weighted by atomic mass is 9.89. The van der Waals surface area contributed by atoms with Gasteiger partial charge in [0.1, 0.15) is 6.04 Å². The number of carbonyl (C=O) groups is 3. The minimum atomic E-state index is -1.43. The maximum absolute atomic E-state index is 14.6. The number of aliphatic carboxylic acids is 1. The van der Waals surface area contributed by atoms with Crippen LogP contribution < -0.4 is 11.5 Å². The first-order valence-electron chi connectivity index (χ1n) is 17.0. The van der Waals surface area contributed by atoms with Crippen molar-refractivity contribution in [3.8, 4) is 0 Å². The zero-order valence-corrected chi connectivity index (χ0v) is 32.2. The molecule has 5 rings (SSSR count). The molecule has 2 amide bonds. The largest absolute Gasteiger partial charge is 0.480 e. The molecule has 274 valence electrons. The van der Waals surface area contributed by atoms with E-state index in [1.165, 1.54) is 23.1 Å². The number of guanidine groups is 1. The van der Waals surface area contributed by atoms with Crippen molar-refractivity contribution in [3.63, 3.8) is 0 Å². The molecule has 0 aliphatic rings. The Balaban J connectivity index is 1.47. The molecule has 0 aliphatic carbocycles. The number of imide groups is 1. The summed E-state index contributed by atoms with van der Waals surface area (Å²) in [5, 5.41) is 11.6. The SMILES string of the molecule is Cc1cc(C(c2ccc(Cl)cc2)c2ccc(Cl)cc2)sc1C(=O)N(C(=O)CSCC(c1ccccc1)c1ccccc1)C(CCCN=C(N)N)C(=O)O. The molecule has 0 aliphatic heterocycles. The number of amides is 2. The van der Waals surface area contributed by atoms with Crippen molar-refractivity contribution in [1.82, 2.24) is 4.90 Å². The van der Waals surface area contributed by atoms with Crippen molar-refractivity contribution in [2.24, 2.45) is 16.5 Å². The molecule has 4 aromatic carbocycles. The number of carboxylic acids is 1. The monoisotopic (exact) mass is 786 g/mol. The van der Waals surface area contributed by atoms with Crippen LogP contribution in [-0.4, -0.2) is 57.8 Å². The first kappa shape index (κ1) is 39.6. The summed E-state index contributed by atoms with van der Waals surface area (Å²) in [6.45, 7) is 1.95. The summed E-state index contributed by atoms with van der Waals surface area (Å²) in [5.41, 5.74) is 15.7. The van der Waals surface area contributed by atoms with Crippen LogP contribution in [0.1, 0.15) is 67.0 Å². The van der Waals surface area contributed by atoms with Crippen molar-refractivity contribution in [3.05, 3.63) is 163 Å². The Morgan fingerprint density at radius 3 is 1.83 bits per heavy atom. The van der Waals surface area contributed by atoms with E-state index in [2.05, 4.69) is 4.99 Å². The number of nitrogens with two attached hydrogens (primary N) is 2. The van der Waals surface area contributed by atoms with Gasteiger partial charge in [0, 0.05) is 39.1 Å². The lowest BCUT2D eigenvalue weighted by Crippen LogP contribution is -2.49. The fourth-order valence-corrected chi connectivity index (χ4v) is 8.75. The maximum atomic E-state index is 14.6. The number of nitrogens with zero attached hydrogens (tertiary/aromatic N) is 2. The van der Waals surface area contributed by atoms with Gasteiger partial charge in [0.05, 0.1) is 10.6 Å². The third-order valence-electron chi connectivity index (χ3n) is 8.75. The van der Waals surface area contributed by atoms with E-state index in [4.69, 9.17) is 34.7 Å². The maximum Gasteiger partial charge on any atom is 0.326 e. The Kier molecular flexibility index (Phi) is 14.1. The average Bonchev–Trinajstić information content (AvgIpc) is 3.53. The Hall–Kier alpha value is -4.61. The van der Waals surface area contributed by atoms with E-state index in [0.29, 0.717) is 21.4 Å². The van der Waals surface area contributed by atoms with Gasteiger partial charge in [-0.1, -0.05) is 108 Å². The van der Waals surface area contributed by atoms with Crippen molar-refractivity contribution in [1.29, 1.82) is 0 Å². The minimum Gasteiger partial charge on any atom is -0.480 e. The van der Waals surface area contributed by atoms with Gasteiger partial charge in [-0.15, -0.1) is 11.3 Å². The van der Waals surface area contributed by atoms with E-state index in [1.54, 1.807) is 6.92 Å². The number of aliphatic imine (C=N–C) groups is 1. The van der Waals surface area contributed by atoms with Gasteiger partial charge in [0.15, 0.2) is 5.96 Å². The van der Waals surface area contributed by atoms with Crippen LogP contribution in [0.15, 0.2) is 120 Å². The molecule has 0 spiro atoms. The van der Waals surface area contributed by atoms with Gasteiger partial charge in [-0.25, -0.2) is 4.79 Å². The molecular formula is C41H40Cl2N4O4S2. The molecule has 1 unspecified atom stereocenters. The molecule has 5 N–H and O–H groups in total. The van der Waals surface area contributed by atoms with Gasteiger partial charge in [-0.3, -0.25) is 19.5 Å². The Morgan fingerprint density at radius 1 is 0.811 bits per heavy atom.